The van der Waals surface area contributed by atoms with Crippen molar-refractivity contribution in [3.63, 3.8) is 0 Å². The fraction of sp³-hybridized carbons (Fsp3) is 0.324. The highest BCUT2D eigenvalue weighted by atomic mass is 16.5. The lowest BCUT2D eigenvalue weighted by molar-refractivity contribution is 0.102. The molecule has 1 saturated heterocycles. The van der Waals surface area contributed by atoms with Crippen LogP contribution in [0.25, 0.3) is 33.5 Å². The van der Waals surface area contributed by atoms with Gasteiger partial charge in [-0.3, -0.25) is 4.79 Å². The van der Waals surface area contributed by atoms with Gasteiger partial charge in [-0.25, -0.2) is 9.97 Å². The molecule has 3 heterocycles. The highest BCUT2D eigenvalue weighted by molar-refractivity contribution is 6.06. The molecule has 1 amide bonds. The minimum absolute atomic E-state index is 0.103. The Labute approximate surface area is 276 Å². The second-order valence-corrected chi connectivity index (χ2v) is 12.5. The molecule has 0 aliphatic carbocycles. The third kappa shape index (κ3) is 8.34. The van der Waals surface area contributed by atoms with Crippen molar-refractivity contribution in [3.8, 4) is 34.1 Å². The number of aromatic amines is 1. The number of pyridine rings is 1. The molecule has 10 heteroatoms. The summed E-state index contributed by atoms with van der Waals surface area (Å²) >= 11 is 0. The number of hydrogen-bond donors (Lipinski definition) is 3. The Morgan fingerprint density at radius 1 is 0.979 bits per heavy atom. The molecule has 2 aromatic heterocycles. The van der Waals surface area contributed by atoms with E-state index in [1.807, 2.05) is 56.6 Å². The lowest BCUT2D eigenvalue weighted by atomic mass is 10.0. The van der Waals surface area contributed by atoms with Gasteiger partial charge in [-0.15, -0.1) is 0 Å². The molecule has 0 unspecified atom stereocenters. The van der Waals surface area contributed by atoms with Gasteiger partial charge in [0.05, 0.1) is 23.2 Å². The number of anilines is 1. The third-order valence-corrected chi connectivity index (χ3v) is 8.59. The number of nitrogens with zero attached hydrogens (tertiary/aromatic N) is 5. The second-order valence-electron chi connectivity index (χ2n) is 12.5. The van der Waals surface area contributed by atoms with Crippen molar-refractivity contribution in [1.82, 2.24) is 29.7 Å². The number of nitrogens with one attached hydrogen (secondary N) is 2. The molecule has 10 nitrogen and oxygen atoms in total. The number of piperazine rings is 1. The molecule has 1 aliphatic rings. The van der Waals surface area contributed by atoms with Crippen LogP contribution in [0.4, 0.5) is 5.69 Å². The lowest BCUT2D eigenvalue weighted by Gasteiger charge is -2.32. The van der Waals surface area contributed by atoms with E-state index in [1.165, 1.54) is 5.56 Å². The fourth-order valence-corrected chi connectivity index (χ4v) is 5.69. The highest BCUT2D eigenvalue weighted by Gasteiger charge is 2.15. The summed E-state index contributed by atoms with van der Waals surface area (Å²) in [5.41, 5.74) is 6.26. The maximum absolute atomic E-state index is 13.1. The monoisotopic (exact) mass is 633 g/mol. The number of fused-ring (bicyclic) bond motifs is 1. The molecule has 0 atom stereocenters. The summed E-state index contributed by atoms with van der Waals surface area (Å²) in [5.74, 6) is 0.998. The number of likely N-dealkylation sites (N-methyl/N-ethyl adjacent to an activating group) is 1. The van der Waals surface area contributed by atoms with Crippen LogP contribution in [0.3, 0.4) is 0 Å². The largest absolute Gasteiger partial charge is 0.507 e. The number of hydrogen-bond acceptors (Lipinski definition) is 8. The Balaban J connectivity index is 1.09. The van der Waals surface area contributed by atoms with Crippen LogP contribution in [0.15, 0.2) is 79.0 Å². The van der Waals surface area contributed by atoms with Gasteiger partial charge in [0, 0.05) is 68.3 Å². The zero-order valence-corrected chi connectivity index (χ0v) is 27.4. The quantitative estimate of drug-likeness (QED) is 0.157. The Morgan fingerprint density at radius 3 is 2.51 bits per heavy atom. The maximum Gasteiger partial charge on any atom is 0.255 e. The minimum atomic E-state index is -0.198. The van der Waals surface area contributed by atoms with Gasteiger partial charge in [0.25, 0.3) is 5.91 Å². The Bertz CT molecular complexity index is 1790. The van der Waals surface area contributed by atoms with Gasteiger partial charge in [-0.05, 0) is 93.6 Å². The number of phenols is 1. The standard InChI is InChI=1S/C37H43N7O3/c1-42(2)16-4-22-47-35-14-9-29(25-38-35)27-8-13-34(45)31(23-27)36-40-32-12-7-28(24-33(32)41-36)37(46)39-30-10-5-26(6-11-30)15-17-44-20-18-43(3)19-21-44/h5-14,23-25,45H,4,15-22H2,1-3H3,(H,39,46)(H,40,41). The number of imidazole rings is 1. The van der Waals surface area contributed by atoms with Crippen molar-refractivity contribution in [2.45, 2.75) is 12.8 Å². The number of rotatable bonds is 12. The zero-order chi connectivity index (χ0) is 32.8. The molecule has 1 fully saturated rings. The van der Waals surface area contributed by atoms with Gasteiger partial charge < -0.3 is 34.8 Å². The van der Waals surface area contributed by atoms with E-state index in [-0.39, 0.29) is 11.7 Å². The molecule has 0 bridgehead atoms. The average molecular weight is 634 g/mol. The van der Waals surface area contributed by atoms with Gasteiger partial charge in [-0.2, -0.15) is 0 Å². The summed E-state index contributed by atoms with van der Waals surface area (Å²) in [6, 6.07) is 22.6. The third-order valence-electron chi connectivity index (χ3n) is 8.59. The molecule has 47 heavy (non-hydrogen) atoms. The van der Waals surface area contributed by atoms with Gasteiger partial charge in [0.15, 0.2) is 0 Å². The van der Waals surface area contributed by atoms with Crippen LogP contribution in [-0.2, 0) is 6.42 Å². The van der Waals surface area contributed by atoms with E-state index >= 15 is 0 Å². The average Bonchev–Trinajstić information content (AvgIpc) is 3.51. The first-order chi connectivity index (χ1) is 22.8. The number of carbonyl (C=O) groups excluding carboxylic acids is 1. The summed E-state index contributed by atoms with van der Waals surface area (Å²) in [4.78, 5) is 32.6. The molecular weight excluding hydrogens is 590 g/mol. The predicted octanol–water partition coefficient (Wildman–Crippen LogP) is 5.37. The Hall–Kier alpha value is -4.77. The molecular formula is C37H43N7O3. The minimum Gasteiger partial charge on any atom is -0.507 e. The first-order valence-corrected chi connectivity index (χ1v) is 16.2. The van der Waals surface area contributed by atoms with Crippen molar-refractivity contribution in [2.75, 3.05) is 72.3 Å². The molecule has 0 spiro atoms. The number of ether oxygens (including phenoxy) is 1. The normalized spacial score (nSPS) is 14.1. The summed E-state index contributed by atoms with van der Waals surface area (Å²) in [6.07, 6.45) is 3.68. The summed E-state index contributed by atoms with van der Waals surface area (Å²) in [5, 5.41) is 13.7. The first-order valence-electron chi connectivity index (χ1n) is 16.2. The smallest absolute Gasteiger partial charge is 0.255 e. The molecule has 244 valence electrons. The van der Waals surface area contributed by atoms with Crippen molar-refractivity contribution < 1.29 is 14.6 Å². The number of aromatic hydroxyl groups is 1. The number of amides is 1. The first kappa shape index (κ1) is 32.2. The van der Waals surface area contributed by atoms with Gasteiger partial charge in [-0.1, -0.05) is 18.2 Å². The Kier molecular flexibility index (Phi) is 10.1. The van der Waals surface area contributed by atoms with Crippen LogP contribution in [0.2, 0.25) is 0 Å². The van der Waals surface area contributed by atoms with Crippen LogP contribution in [-0.4, -0.2) is 108 Å². The summed E-state index contributed by atoms with van der Waals surface area (Å²) in [7, 11) is 6.25. The fourth-order valence-electron chi connectivity index (χ4n) is 5.69. The summed E-state index contributed by atoms with van der Waals surface area (Å²) < 4.78 is 5.76. The zero-order valence-electron chi connectivity index (χ0n) is 27.4. The number of carbonyl (C=O) groups is 1. The van der Waals surface area contributed by atoms with E-state index < -0.39 is 0 Å². The predicted molar refractivity (Wildman–Crippen MR) is 187 cm³/mol. The van der Waals surface area contributed by atoms with Crippen molar-refractivity contribution in [1.29, 1.82) is 0 Å². The SMILES string of the molecule is CN(C)CCCOc1ccc(-c2ccc(O)c(-c3nc4ccc(C(=O)Nc5ccc(CCN6CCN(C)CC6)cc5)cc4[nH]3)c2)cn1. The van der Waals surface area contributed by atoms with E-state index in [1.54, 1.807) is 24.4 Å². The van der Waals surface area contributed by atoms with Crippen LogP contribution < -0.4 is 10.1 Å². The van der Waals surface area contributed by atoms with Crippen molar-refractivity contribution in [2.24, 2.45) is 0 Å². The van der Waals surface area contributed by atoms with Crippen LogP contribution in [0.1, 0.15) is 22.3 Å². The van der Waals surface area contributed by atoms with Crippen LogP contribution in [0.5, 0.6) is 11.6 Å². The van der Waals surface area contributed by atoms with E-state index in [0.29, 0.717) is 40.5 Å². The highest BCUT2D eigenvalue weighted by Crippen LogP contribution is 2.33. The molecule has 0 radical (unpaired) electrons. The summed E-state index contributed by atoms with van der Waals surface area (Å²) in [6.45, 7) is 7.07. The molecule has 6 rings (SSSR count). The van der Waals surface area contributed by atoms with Gasteiger partial charge in [0.1, 0.15) is 11.6 Å². The van der Waals surface area contributed by atoms with Crippen LogP contribution in [0, 0.1) is 0 Å². The second kappa shape index (κ2) is 14.8. The Morgan fingerprint density at radius 2 is 1.77 bits per heavy atom. The number of phenolic OH excluding ortho intramolecular Hbond substituents is 1. The molecule has 0 saturated carbocycles. The van der Waals surface area contributed by atoms with Gasteiger partial charge >= 0.3 is 0 Å². The van der Waals surface area contributed by atoms with Crippen molar-refractivity contribution in [3.05, 3.63) is 90.1 Å². The molecule has 3 aromatic carbocycles. The maximum atomic E-state index is 13.1. The lowest BCUT2D eigenvalue weighted by Crippen LogP contribution is -2.45. The van der Waals surface area contributed by atoms with E-state index in [0.717, 1.165) is 68.9 Å². The van der Waals surface area contributed by atoms with Crippen LogP contribution >= 0.6 is 0 Å². The van der Waals surface area contributed by atoms with E-state index in [2.05, 4.69) is 49.2 Å². The molecule has 5 aromatic rings. The van der Waals surface area contributed by atoms with E-state index in [4.69, 9.17) is 9.72 Å². The number of aromatic nitrogens is 3. The molecule has 1 aliphatic heterocycles. The van der Waals surface area contributed by atoms with Crippen molar-refractivity contribution >= 4 is 22.6 Å². The number of H-pyrrole nitrogens is 1. The topological polar surface area (TPSA) is 110 Å². The molecule has 3 N–H and O–H groups in total. The number of benzene rings is 3. The van der Waals surface area contributed by atoms with E-state index in [9.17, 15) is 9.90 Å². The van der Waals surface area contributed by atoms with Gasteiger partial charge in [0.2, 0.25) is 5.88 Å².